The second kappa shape index (κ2) is 6.68. The van der Waals surface area contributed by atoms with Gasteiger partial charge in [-0.1, -0.05) is 6.07 Å². The van der Waals surface area contributed by atoms with Crippen LogP contribution >= 0.6 is 0 Å². The van der Waals surface area contributed by atoms with E-state index in [1.54, 1.807) is 0 Å². The third kappa shape index (κ3) is 3.09. The second-order valence-electron chi connectivity index (χ2n) is 6.46. The third-order valence-corrected chi connectivity index (χ3v) is 4.62. The number of carbonyl (C=O) groups excluding carboxylic acids is 1. The van der Waals surface area contributed by atoms with Crippen LogP contribution in [0.25, 0.3) is 10.9 Å². The minimum atomic E-state index is -0.505. The summed E-state index contributed by atoms with van der Waals surface area (Å²) in [5.74, 6) is 0.256. The lowest BCUT2D eigenvalue weighted by Crippen LogP contribution is -2.30. The topological polar surface area (TPSA) is 79.2 Å². The van der Waals surface area contributed by atoms with Crippen molar-refractivity contribution in [2.24, 2.45) is 5.92 Å². The van der Waals surface area contributed by atoms with Crippen molar-refractivity contribution in [2.45, 2.75) is 38.8 Å². The molecule has 6 nitrogen and oxygen atoms in total. The van der Waals surface area contributed by atoms with E-state index in [9.17, 15) is 9.90 Å². The first-order valence-corrected chi connectivity index (χ1v) is 8.22. The Kier molecular flexibility index (Phi) is 4.63. The number of hydrogen-bond donors (Lipinski definition) is 3. The zero-order chi connectivity index (χ0) is 16.4. The van der Waals surface area contributed by atoms with Crippen LogP contribution in [0.1, 0.15) is 44.4 Å². The molecule has 0 radical (unpaired) electrons. The average molecular weight is 316 g/mol. The van der Waals surface area contributed by atoms with Crippen LogP contribution in [0.2, 0.25) is 0 Å². The summed E-state index contributed by atoms with van der Waals surface area (Å²) < 4.78 is 1.87. The largest absolute Gasteiger partial charge is 0.388 e. The van der Waals surface area contributed by atoms with Crippen LogP contribution < -0.4 is 10.6 Å². The van der Waals surface area contributed by atoms with Crippen LogP contribution in [0.5, 0.6) is 0 Å². The molecule has 0 bridgehead atoms. The summed E-state index contributed by atoms with van der Waals surface area (Å²) in [7, 11) is 0. The molecule has 3 rings (SSSR count). The van der Waals surface area contributed by atoms with E-state index >= 15 is 0 Å². The number of rotatable bonds is 5. The summed E-state index contributed by atoms with van der Waals surface area (Å²) in [6.45, 7) is 6.00. The van der Waals surface area contributed by atoms with E-state index in [-0.39, 0.29) is 12.0 Å². The number of piperidine rings is 1. The molecule has 1 fully saturated rings. The Morgan fingerprint density at radius 2 is 2.13 bits per heavy atom. The molecule has 124 valence electrons. The van der Waals surface area contributed by atoms with Crippen LogP contribution in [0, 0.1) is 5.92 Å². The van der Waals surface area contributed by atoms with Crippen molar-refractivity contribution < 1.29 is 9.90 Å². The van der Waals surface area contributed by atoms with Gasteiger partial charge in [0.15, 0.2) is 0 Å². The van der Waals surface area contributed by atoms with Gasteiger partial charge in [0, 0.05) is 17.6 Å². The van der Waals surface area contributed by atoms with E-state index in [1.807, 2.05) is 23.0 Å². The number of nitrogens with one attached hydrogen (secondary N) is 2. The van der Waals surface area contributed by atoms with Gasteiger partial charge in [0.05, 0.1) is 11.8 Å². The Morgan fingerprint density at radius 1 is 1.39 bits per heavy atom. The average Bonchev–Trinajstić information content (AvgIpc) is 3.01. The van der Waals surface area contributed by atoms with Crippen molar-refractivity contribution in [1.29, 1.82) is 0 Å². The van der Waals surface area contributed by atoms with Gasteiger partial charge in [-0.3, -0.25) is 9.48 Å². The van der Waals surface area contributed by atoms with Crippen LogP contribution in [0.4, 0.5) is 5.69 Å². The number of aliphatic hydroxyl groups excluding tert-OH is 1. The van der Waals surface area contributed by atoms with E-state index in [0.29, 0.717) is 12.1 Å². The molecule has 23 heavy (non-hydrogen) atoms. The summed E-state index contributed by atoms with van der Waals surface area (Å²) in [6, 6.07) is 3.96. The van der Waals surface area contributed by atoms with Gasteiger partial charge in [0.1, 0.15) is 5.52 Å². The smallest absolute Gasteiger partial charge is 0.211 e. The molecule has 2 heterocycles. The number of anilines is 1. The SMILES string of the molecule is CC(C)n1cc2c(C(O)C3CCNCC3)ccc(NC=O)c2n1. The Bertz CT molecular complexity index is 689. The summed E-state index contributed by atoms with van der Waals surface area (Å²) in [5, 5.41) is 22.4. The lowest BCUT2D eigenvalue weighted by Gasteiger charge is -2.27. The number of hydrogen-bond acceptors (Lipinski definition) is 4. The summed E-state index contributed by atoms with van der Waals surface area (Å²) >= 11 is 0. The third-order valence-electron chi connectivity index (χ3n) is 4.62. The Hall–Kier alpha value is -1.92. The molecule has 1 aliphatic rings. The molecule has 1 amide bonds. The fraction of sp³-hybridized carbons (Fsp3) is 0.529. The van der Waals surface area contributed by atoms with Gasteiger partial charge in [0.25, 0.3) is 0 Å². The first-order chi connectivity index (χ1) is 11.1. The van der Waals surface area contributed by atoms with Crippen molar-refractivity contribution in [3.63, 3.8) is 0 Å². The quantitative estimate of drug-likeness (QED) is 0.739. The lowest BCUT2D eigenvalue weighted by molar-refractivity contribution is -0.105. The molecule has 0 spiro atoms. The van der Waals surface area contributed by atoms with E-state index in [2.05, 4.69) is 29.6 Å². The molecule has 1 unspecified atom stereocenters. The molecule has 0 aliphatic carbocycles. The predicted molar refractivity (Wildman–Crippen MR) is 90.4 cm³/mol. The Balaban J connectivity index is 2.05. The zero-order valence-electron chi connectivity index (χ0n) is 13.6. The lowest BCUT2D eigenvalue weighted by atomic mass is 9.87. The predicted octanol–water partition coefficient (Wildman–Crippen LogP) is 2.22. The Morgan fingerprint density at radius 3 is 2.78 bits per heavy atom. The van der Waals surface area contributed by atoms with Crippen molar-refractivity contribution in [3.8, 4) is 0 Å². The minimum Gasteiger partial charge on any atom is -0.388 e. The van der Waals surface area contributed by atoms with Crippen molar-refractivity contribution in [2.75, 3.05) is 18.4 Å². The molecule has 1 aliphatic heterocycles. The zero-order valence-corrected chi connectivity index (χ0v) is 13.6. The normalized spacial score (nSPS) is 17.6. The fourth-order valence-corrected chi connectivity index (χ4v) is 3.26. The van der Waals surface area contributed by atoms with Gasteiger partial charge in [-0.25, -0.2) is 0 Å². The molecule has 6 heteroatoms. The maximum Gasteiger partial charge on any atom is 0.211 e. The maximum atomic E-state index is 10.9. The van der Waals surface area contributed by atoms with E-state index in [4.69, 9.17) is 0 Å². The number of aliphatic hydroxyl groups is 1. The summed E-state index contributed by atoms with van der Waals surface area (Å²) in [6.07, 6.45) is 4.06. The summed E-state index contributed by atoms with van der Waals surface area (Å²) in [4.78, 5) is 10.8. The first kappa shape index (κ1) is 16.0. The van der Waals surface area contributed by atoms with Gasteiger partial charge in [0.2, 0.25) is 6.41 Å². The number of benzene rings is 1. The molecule has 0 saturated carbocycles. The number of aromatic nitrogens is 2. The molecular weight excluding hydrogens is 292 g/mol. The van der Waals surface area contributed by atoms with Gasteiger partial charge >= 0.3 is 0 Å². The van der Waals surface area contributed by atoms with Gasteiger partial charge in [-0.2, -0.15) is 5.10 Å². The second-order valence-corrected chi connectivity index (χ2v) is 6.46. The summed E-state index contributed by atoms with van der Waals surface area (Å²) in [5.41, 5.74) is 2.31. The number of fused-ring (bicyclic) bond motifs is 1. The standard InChI is InChI=1S/C17H24N4O2/c1-11(2)21-9-14-13(17(23)12-5-7-18-8-6-12)3-4-15(19-10-22)16(14)20-21/h3-4,9-12,17-18,23H,5-8H2,1-2H3,(H,19,22). The van der Waals surface area contributed by atoms with Crippen LogP contribution in [0.3, 0.4) is 0 Å². The monoisotopic (exact) mass is 316 g/mol. The van der Waals surface area contributed by atoms with Crippen molar-refractivity contribution >= 4 is 23.0 Å². The molecule has 1 atom stereocenters. The van der Waals surface area contributed by atoms with Crippen LogP contribution in [0.15, 0.2) is 18.3 Å². The molecule has 1 aromatic carbocycles. The maximum absolute atomic E-state index is 10.9. The molecule has 3 N–H and O–H groups in total. The molecule has 2 aromatic rings. The molecular formula is C17H24N4O2. The molecule has 1 aromatic heterocycles. The number of amides is 1. The first-order valence-electron chi connectivity index (χ1n) is 8.22. The fourth-order valence-electron chi connectivity index (χ4n) is 3.26. The Labute approximate surface area is 135 Å². The van der Waals surface area contributed by atoms with Gasteiger partial charge in [-0.15, -0.1) is 0 Å². The van der Waals surface area contributed by atoms with Crippen molar-refractivity contribution in [1.82, 2.24) is 15.1 Å². The highest BCUT2D eigenvalue weighted by Gasteiger charge is 2.25. The highest BCUT2D eigenvalue weighted by atomic mass is 16.3. The van der Waals surface area contributed by atoms with E-state index in [0.717, 1.165) is 42.4 Å². The van der Waals surface area contributed by atoms with Crippen LogP contribution in [-0.4, -0.2) is 34.4 Å². The molecule has 1 saturated heterocycles. The van der Waals surface area contributed by atoms with E-state index in [1.165, 1.54) is 0 Å². The van der Waals surface area contributed by atoms with Gasteiger partial charge < -0.3 is 15.7 Å². The van der Waals surface area contributed by atoms with Crippen LogP contribution in [-0.2, 0) is 4.79 Å². The number of nitrogens with zero attached hydrogens (tertiary/aromatic N) is 2. The highest BCUT2D eigenvalue weighted by Crippen LogP contribution is 2.35. The van der Waals surface area contributed by atoms with E-state index < -0.39 is 6.10 Å². The van der Waals surface area contributed by atoms with Gasteiger partial charge in [-0.05, 0) is 57.3 Å². The number of carbonyl (C=O) groups is 1. The minimum absolute atomic E-state index is 0.218. The highest BCUT2D eigenvalue weighted by molar-refractivity contribution is 5.96. The van der Waals surface area contributed by atoms with Crippen molar-refractivity contribution in [3.05, 3.63) is 23.9 Å².